The minimum Gasteiger partial charge on any atom is -0.492 e. The molecular weight excluding hydrogens is 165 g/mol. The van der Waals surface area contributed by atoms with E-state index in [1.165, 1.54) is 0 Å². The van der Waals surface area contributed by atoms with Gasteiger partial charge in [-0.15, -0.1) is 0 Å². The third-order valence-electron chi connectivity index (χ3n) is 0.784. The highest BCUT2D eigenvalue weighted by molar-refractivity contribution is 6.57. The van der Waals surface area contributed by atoms with Crippen LogP contribution in [0.5, 0.6) is 0 Å². The molecule has 1 aliphatic heterocycles. The van der Waals surface area contributed by atoms with Gasteiger partial charge >= 0.3 is 0 Å². The molecule has 0 unspecified atom stereocenters. The summed E-state index contributed by atoms with van der Waals surface area (Å²) in [6.07, 6.45) is 0. The Morgan fingerprint density at radius 1 is 1.33 bits per heavy atom. The monoisotopic (exact) mass is 165 g/mol. The number of aliphatic hydroxyl groups is 1. The van der Waals surface area contributed by atoms with E-state index in [1.54, 1.807) is 0 Å². The average Bonchev–Trinajstić information content (AvgIpc) is 1.98. The molecule has 0 aromatic carbocycles. The van der Waals surface area contributed by atoms with Crippen LogP contribution >= 0.6 is 23.2 Å². The molecule has 9 heavy (non-hydrogen) atoms. The third-order valence-corrected chi connectivity index (χ3v) is 1.59. The Kier molecular flexibility index (Phi) is 1.47. The van der Waals surface area contributed by atoms with Crippen LogP contribution in [-0.4, -0.2) is 16.9 Å². The molecule has 0 radical (unpaired) electrons. The van der Waals surface area contributed by atoms with E-state index in [0.29, 0.717) is 0 Å². The zero-order chi connectivity index (χ0) is 7.02. The van der Waals surface area contributed by atoms with Gasteiger partial charge in [-0.2, -0.15) is 4.99 Å². The number of halogens is 2. The quantitative estimate of drug-likeness (QED) is 0.587. The van der Waals surface area contributed by atoms with Crippen molar-refractivity contribution in [3.8, 4) is 0 Å². The maximum atomic E-state index is 10.4. The zero-order valence-corrected chi connectivity index (χ0v) is 5.57. The SMILES string of the molecule is O=C1N=C(O)C(Cl)=C1Cl. The summed E-state index contributed by atoms with van der Waals surface area (Å²) in [5.74, 6) is -1.20. The Morgan fingerprint density at radius 2 is 1.89 bits per heavy atom. The Balaban J connectivity index is 3.11. The van der Waals surface area contributed by atoms with Crippen molar-refractivity contribution >= 4 is 35.0 Å². The molecule has 0 saturated carbocycles. The van der Waals surface area contributed by atoms with Gasteiger partial charge in [-0.1, -0.05) is 23.2 Å². The van der Waals surface area contributed by atoms with Crippen LogP contribution in [0.1, 0.15) is 0 Å². The van der Waals surface area contributed by atoms with E-state index in [9.17, 15) is 4.79 Å². The highest BCUT2D eigenvalue weighted by Gasteiger charge is 2.22. The maximum absolute atomic E-state index is 10.4. The van der Waals surface area contributed by atoms with Gasteiger partial charge in [0.15, 0.2) is 0 Å². The van der Waals surface area contributed by atoms with Gasteiger partial charge in [0.25, 0.3) is 5.91 Å². The topological polar surface area (TPSA) is 49.7 Å². The minimum absolute atomic E-state index is 0.179. The van der Waals surface area contributed by atoms with Crippen molar-refractivity contribution in [2.24, 2.45) is 4.99 Å². The molecule has 0 saturated heterocycles. The third kappa shape index (κ3) is 0.930. The van der Waals surface area contributed by atoms with Crippen molar-refractivity contribution in [2.45, 2.75) is 0 Å². The number of amides is 1. The first-order valence-electron chi connectivity index (χ1n) is 2.00. The lowest BCUT2D eigenvalue weighted by molar-refractivity contribution is -0.113. The molecule has 1 amide bonds. The van der Waals surface area contributed by atoms with Crippen molar-refractivity contribution in [3.05, 3.63) is 10.1 Å². The van der Waals surface area contributed by atoms with E-state index >= 15 is 0 Å². The average molecular weight is 166 g/mol. The first-order chi connectivity index (χ1) is 4.13. The van der Waals surface area contributed by atoms with Crippen molar-refractivity contribution in [2.75, 3.05) is 0 Å². The number of carbonyl (C=O) groups is 1. The number of aliphatic hydroxyl groups excluding tert-OH is 1. The fraction of sp³-hybridized carbons (Fsp3) is 0. The molecule has 48 valence electrons. The summed E-state index contributed by atoms with van der Waals surface area (Å²) in [7, 11) is 0. The second kappa shape index (κ2) is 2.01. The summed E-state index contributed by atoms with van der Waals surface area (Å²) >= 11 is 10.5. The summed E-state index contributed by atoms with van der Waals surface area (Å²) in [6.45, 7) is 0. The van der Waals surface area contributed by atoms with Crippen molar-refractivity contribution in [3.63, 3.8) is 0 Å². The largest absolute Gasteiger partial charge is 0.492 e. The first kappa shape index (κ1) is 6.58. The normalized spacial score (nSPS) is 18.9. The summed E-state index contributed by atoms with van der Waals surface area (Å²) in [5, 5.41) is 8.19. The molecule has 1 N–H and O–H groups in total. The van der Waals surface area contributed by atoms with Crippen molar-refractivity contribution in [1.29, 1.82) is 0 Å². The number of carbonyl (C=O) groups excluding carboxylic acids is 1. The van der Waals surface area contributed by atoms with Gasteiger partial charge in [-0.25, -0.2) is 0 Å². The molecule has 3 nitrogen and oxygen atoms in total. The molecule has 0 aliphatic carbocycles. The Bertz CT molecular complexity index is 231. The number of hydrogen-bond acceptors (Lipinski definition) is 1. The van der Waals surface area contributed by atoms with E-state index in [-0.39, 0.29) is 10.1 Å². The molecule has 0 atom stereocenters. The van der Waals surface area contributed by atoms with Crippen molar-refractivity contribution in [1.82, 2.24) is 0 Å². The van der Waals surface area contributed by atoms with Gasteiger partial charge < -0.3 is 5.11 Å². The smallest absolute Gasteiger partial charge is 0.293 e. The van der Waals surface area contributed by atoms with Gasteiger partial charge in [0.1, 0.15) is 10.1 Å². The summed E-state index contributed by atoms with van der Waals surface area (Å²) < 4.78 is 0. The number of aliphatic imine (C=N–C) groups is 1. The van der Waals surface area contributed by atoms with Crippen molar-refractivity contribution < 1.29 is 9.90 Å². The predicted molar refractivity (Wildman–Crippen MR) is 33.8 cm³/mol. The number of hydrogen-bond donors (Lipinski definition) is 1. The van der Waals surface area contributed by atoms with Crippen LogP contribution in [0.4, 0.5) is 0 Å². The molecular formula is C4HCl2NO2. The Morgan fingerprint density at radius 3 is 2.00 bits per heavy atom. The first-order valence-corrected chi connectivity index (χ1v) is 2.76. The molecule has 1 rings (SSSR count). The lowest BCUT2D eigenvalue weighted by atomic mass is 10.5. The molecule has 0 bridgehead atoms. The number of nitrogens with zero attached hydrogens (tertiary/aromatic N) is 1. The molecule has 0 aromatic heterocycles. The molecule has 1 aliphatic rings. The standard InChI is InChI=1S/C4HCl2NO2/c5-1-2(6)4(9)7-3(1)8/h(H,7,8,9). The molecule has 5 heteroatoms. The minimum atomic E-state index is -0.695. The highest BCUT2D eigenvalue weighted by Crippen LogP contribution is 2.21. The van der Waals surface area contributed by atoms with Crippen LogP contribution < -0.4 is 0 Å². The van der Waals surface area contributed by atoms with Crippen LogP contribution in [0.15, 0.2) is 15.1 Å². The van der Waals surface area contributed by atoms with Gasteiger partial charge in [-0.05, 0) is 0 Å². The molecule has 0 aromatic rings. The van der Waals surface area contributed by atoms with Crippen LogP contribution in [0, 0.1) is 0 Å². The van der Waals surface area contributed by atoms with Crippen LogP contribution in [0.2, 0.25) is 0 Å². The van der Waals surface area contributed by atoms with Crippen LogP contribution in [0.25, 0.3) is 0 Å². The fourth-order valence-corrected chi connectivity index (χ4v) is 0.636. The van der Waals surface area contributed by atoms with Gasteiger partial charge in [-0.3, -0.25) is 4.79 Å². The second-order valence-electron chi connectivity index (χ2n) is 1.37. The zero-order valence-electron chi connectivity index (χ0n) is 4.06. The van der Waals surface area contributed by atoms with Gasteiger partial charge in [0.05, 0.1) is 0 Å². The Hall–Kier alpha value is -0.540. The van der Waals surface area contributed by atoms with E-state index < -0.39 is 11.8 Å². The lowest BCUT2D eigenvalue weighted by Crippen LogP contribution is -1.89. The van der Waals surface area contributed by atoms with E-state index in [0.717, 1.165) is 0 Å². The van der Waals surface area contributed by atoms with Gasteiger partial charge in [0, 0.05) is 0 Å². The lowest BCUT2D eigenvalue weighted by Gasteiger charge is -1.82. The molecule has 0 spiro atoms. The highest BCUT2D eigenvalue weighted by atomic mass is 35.5. The van der Waals surface area contributed by atoms with Gasteiger partial charge in [0.2, 0.25) is 5.90 Å². The predicted octanol–water partition coefficient (Wildman–Crippen LogP) is 1.17. The van der Waals surface area contributed by atoms with E-state index in [2.05, 4.69) is 4.99 Å². The summed E-state index contributed by atoms with van der Waals surface area (Å²) in [6, 6.07) is 0. The second-order valence-corrected chi connectivity index (χ2v) is 2.12. The van der Waals surface area contributed by atoms with Crippen LogP contribution in [0.3, 0.4) is 0 Å². The molecule has 0 fully saturated rings. The summed E-state index contributed by atoms with van der Waals surface area (Å²) in [5.41, 5.74) is 0. The summed E-state index contributed by atoms with van der Waals surface area (Å²) in [4.78, 5) is 13.4. The fourth-order valence-electron chi connectivity index (χ4n) is 0.386. The van der Waals surface area contributed by atoms with E-state index in [4.69, 9.17) is 28.3 Å². The maximum Gasteiger partial charge on any atom is 0.293 e. The van der Waals surface area contributed by atoms with Crippen LogP contribution in [-0.2, 0) is 4.79 Å². The molecule has 1 heterocycles. The Labute approximate surface area is 60.6 Å². The van der Waals surface area contributed by atoms with E-state index in [1.807, 2.05) is 0 Å². The number of rotatable bonds is 0.